The summed E-state index contributed by atoms with van der Waals surface area (Å²) in [6.07, 6.45) is 40.6. The van der Waals surface area contributed by atoms with Crippen LogP contribution in [0.25, 0.3) is 0 Å². The lowest BCUT2D eigenvalue weighted by Gasteiger charge is -2.21. The molecule has 19 heteroatoms. The second-order valence-corrected chi connectivity index (χ2v) is 29.7. The summed E-state index contributed by atoms with van der Waals surface area (Å²) >= 11 is 0. The number of hydrogen-bond acceptors (Lipinski definition) is 15. The fraction of sp³-hybridized carbons (Fsp3) is 0.942. The predicted molar refractivity (Wildman–Crippen MR) is 354 cm³/mol. The fourth-order valence-corrected chi connectivity index (χ4v) is 11.9. The van der Waals surface area contributed by atoms with Gasteiger partial charge >= 0.3 is 39.5 Å². The van der Waals surface area contributed by atoms with Gasteiger partial charge in [-0.1, -0.05) is 287 Å². The Bertz CT molecular complexity index is 1750. The van der Waals surface area contributed by atoms with E-state index in [9.17, 15) is 43.2 Å². The number of phosphoric ester groups is 2. The molecule has 0 bridgehead atoms. The Hall–Kier alpha value is -1.94. The molecule has 0 aliphatic carbocycles. The smallest absolute Gasteiger partial charge is 0.462 e. The van der Waals surface area contributed by atoms with Crippen LogP contribution in [0.15, 0.2) is 0 Å². The maximum Gasteiger partial charge on any atom is 0.472 e. The Morgan fingerprint density at radius 3 is 0.705 bits per heavy atom. The van der Waals surface area contributed by atoms with E-state index in [1.165, 1.54) is 128 Å². The number of aliphatic hydroxyl groups excluding tert-OH is 1. The Morgan fingerprint density at radius 2 is 0.477 bits per heavy atom. The van der Waals surface area contributed by atoms with Crippen molar-refractivity contribution in [2.45, 2.75) is 356 Å². The molecule has 2 unspecified atom stereocenters. The second kappa shape index (κ2) is 58.8. The Kier molecular flexibility index (Phi) is 57.6. The Morgan fingerprint density at radius 1 is 0.284 bits per heavy atom. The molecule has 0 aliphatic rings. The number of rotatable bonds is 66. The maximum absolute atomic E-state index is 13.0. The zero-order valence-corrected chi connectivity index (χ0v) is 59.1. The highest BCUT2D eigenvalue weighted by Gasteiger charge is 2.30. The van der Waals surface area contributed by atoms with E-state index in [-0.39, 0.29) is 25.7 Å². The minimum Gasteiger partial charge on any atom is -0.462 e. The van der Waals surface area contributed by atoms with E-state index >= 15 is 0 Å². The summed E-state index contributed by atoms with van der Waals surface area (Å²) < 4.78 is 68.2. The lowest BCUT2D eigenvalue weighted by molar-refractivity contribution is -0.161. The first-order valence-electron chi connectivity index (χ1n) is 35.7. The van der Waals surface area contributed by atoms with Crippen LogP contribution in [0, 0.1) is 23.7 Å². The van der Waals surface area contributed by atoms with E-state index in [2.05, 4.69) is 55.4 Å². The monoisotopic (exact) mass is 1300 g/mol. The van der Waals surface area contributed by atoms with Crippen LogP contribution in [0.5, 0.6) is 0 Å². The first kappa shape index (κ1) is 86.1. The third kappa shape index (κ3) is 62.8. The van der Waals surface area contributed by atoms with Crippen molar-refractivity contribution in [3.05, 3.63) is 0 Å². The van der Waals surface area contributed by atoms with Crippen molar-refractivity contribution >= 4 is 39.5 Å². The highest BCUT2D eigenvalue weighted by Crippen LogP contribution is 2.45. The van der Waals surface area contributed by atoms with Gasteiger partial charge in [-0.3, -0.25) is 37.3 Å². The molecule has 0 heterocycles. The van der Waals surface area contributed by atoms with Crippen LogP contribution in [-0.2, 0) is 65.4 Å². The van der Waals surface area contributed by atoms with Gasteiger partial charge in [-0.25, -0.2) is 9.13 Å². The predicted octanol–water partition coefficient (Wildman–Crippen LogP) is 19.3. The van der Waals surface area contributed by atoms with Gasteiger partial charge in [0.05, 0.1) is 26.4 Å². The van der Waals surface area contributed by atoms with E-state index in [0.717, 1.165) is 115 Å². The van der Waals surface area contributed by atoms with Gasteiger partial charge in [-0.2, -0.15) is 0 Å². The number of carbonyl (C=O) groups is 4. The number of aliphatic hydroxyl groups is 1. The van der Waals surface area contributed by atoms with Gasteiger partial charge in [-0.15, -0.1) is 0 Å². The summed E-state index contributed by atoms with van der Waals surface area (Å²) in [5.74, 6) is 0.782. The van der Waals surface area contributed by atoms with Gasteiger partial charge in [0.25, 0.3) is 0 Å². The van der Waals surface area contributed by atoms with E-state index < -0.39 is 97.5 Å². The molecule has 522 valence electrons. The molecule has 3 N–H and O–H groups in total. The molecule has 0 aromatic rings. The standard InChI is InChI=1S/C69H134O17P2/c1-59(2)45-37-29-21-16-13-11-9-10-12-14-18-24-35-43-51-68(73)85-64(55-79-66(71)49-41-33-26-20-23-31-39-47-61(5)6)57-83-87(75,76)81-53-63(70)54-82-88(77,78)84-58-65(56-80-67(72)50-42-34-28-27-32-40-48-62(7)8)86-69(74)52-44-36-25-19-15-17-22-30-38-46-60(3)4/h59-65,70H,9-58H2,1-8H3,(H,75,76)(H,77,78)/t63-,64-,65-/m1/s1. The van der Waals surface area contributed by atoms with Gasteiger partial charge in [0, 0.05) is 25.7 Å². The normalized spacial score (nSPS) is 14.3. The lowest BCUT2D eigenvalue weighted by Crippen LogP contribution is -2.30. The lowest BCUT2D eigenvalue weighted by atomic mass is 10.0. The van der Waals surface area contributed by atoms with E-state index in [1.54, 1.807) is 0 Å². The van der Waals surface area contributed by atoms with Crippen molar-refractivity contribution in [2.24, 2.45) is 23.7 Å². The number of ether oxygens (including phenoxy) is 4. The van der Waals surface area contributed by atoms with Crippen LogP contribution >= 0.6 is 15.6 Å². The summed E-state index contributed by atoms with van der Waals surface area (Å²) in [6.45, 7) is 14.0. The van der Waals surface area contributed by atoms with Gasteiger partial charge in [-0.05, 0) is 49.4 Å². The van der Waals surface area contributed by atoms with Gasteiger partial charge in [0.1, 0.15) is 19.3 Å². The molecule has 0 spiro atoms. The highest BCUT2D eigenvalue weighted by atomic mass is 31.2. The Labute approximate surface area is 537 Å². The first-order chi connectivity index (χ1) is 42.1. The molecule has 0 radical (unpaired) electrons. The van der Waals surface area contributed by atoms with E-state index in [4.69, 9.17) is 37.0 Å². The number of phosphoric acid groups is 2. The topological polar surface area (TPSA) is 237 Å². The molecule has 0 saturated carbocycles. The van der Waals surface area contributed by atoms with Crippen molar-refractivity contribution in [1.82, 2.24) is 0 Å². The summed E-state index contributed by atoms with van der Waals surface area (Å²) in [4.78, 5) is 72.4. The minimum atomic E-state index is -4.95. The fourth-order valence-electron chi connectivity index (χ4n) is 10.3. The van der Waals surface area contributed by atoms with Crippen molar-refractivity contribution in [2.75, 3.05) is 39.6 Å². The molecule has 5 atom stereocenters. The average molecular weight is 1300 g/mol. The Balaban J connectivity index is 5.22. The molecule has 17 nitrogen and oxygen atoms in total. The second-order valence-electron chi connectivity index (χ2n) is 26.8. The summed E-state index contributed by atoms with van der Waals surface area (Å²) in [7, 11) is -9.90. The summed E-state index contributed by atoms with van der Waals surface area (Å²) in [5, 5.41) is 10.6. The van der Waals surface area contributed by atoms with Crippen LogP contribution < -0.4 is 0 Å². The summed E-state index contributed by atoms with van der Waals surface area (Å²) in [5.41, 5.74) is 0. The molecule has 88 heavy (non-hydrogen) atoms. The molecule has 0 saturated heterocycles. The quantitative estimate of drug-likeness (QED) is 0.0222. The number of carbonyl (C=O) groups excluding carboxylic acids is 4. The van der Waals surface area contributed by atoms with Gasteiger partial charge in [0.15, 0.2) is 12.2 Å². The van der Waals surface area contributed by atoms with E-state index in [0.29, 0.717) is 37.5 Å². The maximum atomic E-state index is 13.0. The van der Waals surface area contributed by atoms with Crippen molar-refractivity contribution in [1.29, 1.82) is 0 Å². The first-order valence-corrected chi connectivity index (χ1v) is 38.7. The molecule has 0 fully saturated rings. The number of unbranched alkanes of at least 4 members (excludes halogenated alkanes) is 32. The zero-order valence-electron chi connectivity index (χ0n) is 57.3. The molecular weight excluding hydrogens is 1160 g/mol. The number of hydrogen-bond donors (Lipinski definition) is 3. The zero-order chi connectivity index (χ0) is 65.4. The van der Waals surface area contributed by atoms with Crippen LogP contribution in [0.4, 0.5) is 0 Å². The largest absolute Gasteiger partial charge is 0.472 e. The third-order valence-corrected chi connectivity index (χ3v) is 17.7. The minimum absolute atomic E-state index is 0.104. The third-order valence-electron chi connectivity index (χ3n) is 15.8. The molecule has 0 amide bonds. The van der Waals surface area contributed by atoms with Crippen LogP contribution in [-0.4, -0.2) is 96.7 Å². The average Bonchev–Trinajstić information content (AvgIpc) is 3.69. The van der Waals surface area contributed by atoms with Crippen LogP contribution in [0.3, 0.4) is 0 Å². The molecular formula is C69H134O17P2. The highest BCUT2D eigenvalue weighted by molar-refractivity contribution is 7.47. The molecule has 0 aliphatic heterocycles. The molecule has 0 rings (SSSR count). The van der Waals surface area contributed by atoms with Crippen molar-refractivity contribution in [3.8, 4) is 0 Å². The molecule has 0 aromatic heterocycles. The SMILES string of the molecule is CC(C)CCCCCCCCCCCCCCCCC(=O)O[C@H](COC(=O)CCCCCCCCCC(C)C)COP(=O)(O)OC[C@@H](O)COP(=O)(O)OC[C@@H](COC(=O)CCCCCCCCC(C)C)OC(=O)CCCCCCCCCCCC(C)C. The number of esters is 4. The van der Waals surface area contributed by atoms with Gasteiger partial charge in [0.2, 0.25) is 0 Å². The van der Waals surface area contributed by atoms with Crippen LogP contribution in [0.1, 0.15) is 338 Å². The van der Waals surface area contributed by atoms with Crippen LogP contribution in [0.2, 0.25) is 0 Å². The van der Waals surface area contributed by atoms with Crippen molar-refractivity contribution in [3.63, 3.8) is 0 Å². The van der Waals surface area contributed by atoms with Gasteiger partial charge < -0.3 is 33.8 Å². The van der Waals surface area contributed by atoms with Crippen molar-refractivity contribution < 1.29 is 80.2 Å². The molecule has 0 aromatic carbocycles. The van der Waals surface area contributed by atoms with E-state index in [1.807, 2.05) is 0 Å². The summed E-state index contributed by atoms with van der Waals surface area (Å²) in [6, 6.07) is 0.